The fraction of sp³-hybridized carbons (Fsp3) is 1.00. The highest BCUT2D eigenvalue weighted by molar-refractivity contribution is 4.81. The van der Waals surface area contributed by atoms with Crippen LogP contribution < -0.4 is 5.32 Å². The van der Waals surface area contributed by atoms with Gasteiger partial charge in [-0.2, -0.15) is 0 Å². The molecular formula is C13H26N2O. The minimum Gasteiger partial charge on any atom is -0.377 e. The Morgan fingerprint density at radius 3 is 3.00 bits per heavy atom. The summed E-state index contributed by atoms with van der Waals surface area (Å²) in [6, 6.07) is 0. The lowest BCUT2D eigenvalue weighted by Crippen LogP contribution is -2.46. The summed E-state index contributed by atoms with van der Waals surface area (Å²) in [6.45, 7) is 11.5. The molecule has 0 spiro atoms. The average Bonchev–Trinajstić information content (AvgIpc) is 2.66. The third-order valence-corrected chi connectivity index (χ3v) is 3.57. The van der Waals surface area contributed by atoms with Crippen molar-refractivity contribution >= 4 is 0 Å². The maximum Gasteiger partial charge on any atom is 0.0702 e. The predicted molar refractivity (Wildman–Crippen MR) is 66.7 cm³/mol. The van der Waals surface area contributed by atoms with Crippen LogP contribution in [0.15, 0.2) is 0 Å². The topological polar surface area (TPSA) is 24.5 Å². The van der Waals surface area contributed by atoms with E-state index in [1.807, 2.05) is 0 Å². The molecule has 16 heavy (non-hydrogen) atoms. The molecule has 0 aromatic carbocycles. The summed E-state index contributed by atoms with van der Waals surface area (Å²) in [5, 5.41) is 3.53. The molecule has 1 unspecified atom stereocenters. The fourth-order valence-corrected chi connectivity index (χ4v) is 2.83. The average molecular weight is 226 g/mol. The van der Waals surface area contributed by atoms with Gasteiger partial charge in [-0.15, -0.1) is 0 Å². The van der Waals surface area contributed by atoms with Crippen LogP contribution in [-0.4, -0.2) is 50.3 Å². The molecule has 2 fully saturated rings. The largest absolute Gasteiger partial charge is 0.377 e. The van der Waals surface area contributed by atoms with Crippen molar-refractivity contribution in [3.05, 3.63) is 0 Å². The number of rotatable bonds is 2. The van der Waals surface area contributed by atoms with Crippen molar-refractivity contribution in [2.75, 3.05) is 39.3 Å². The van der Waals surface area contributed by atoms with Gasteiger partial charge >= 0.3 is 0 Å². The van der Waals surface area contributed by atoms with Gasteiger partial charge in [-0.1, -0.05) is 13.8 Å². The Bertz CT molecular complexity index is 212. The van der Waals surface area contributed by atoms with Crippen LogP contribution >= 0.6 is 0 Å². The first kappa shape index (κ1) is 12.3. The molecule has 94 valence electrons. The van der Waals surface area contributed by atoms with Crippen molar-refractivity contribution in [1.82, 2.24) is 10.2 Å². The second-order valence-corrected chi connectivity index (χ2v) is 6.06. The van der Waals surface area contributed by atoms with Gasteiger partial charge in [0.25, 0.3) is 0 Å². The molecule has 0 bridgehead atoms. The lowest BCUT2D eigenvalue weighted by atomic mass is 9.91. The van der Waals surface area contributed by atoms with Gasteiger partial charge in [0.1, 0.15) is 0 Å². The molecule has 2 heterocycles. The van der Waals surface area contributed by atoms with E-state index in [2.05, 4.69) is 24.1 Å². The molecule has 2 saturated heterocycles. The van der Waals surface area contributed by atoms with Crippen molar-refractivity contribution in [3.63, 3.8) is 0 Å². The van der Waals surface area contributed by atoms with Gasteiger partial charge < -0.3 is 15.0 Å². The Morgan fingerprint density at radius 1 is 1.38 bits per heavy atom. The summed E-state index contributed by atoms with van der Waals surface area (Å²) in [6.07, 6.45) is 4.28. The van der Waals surface area contributed by atoms with Gasteiger partial charge in [0.05, 0.1) is 6.10 Å². The maximum absolute atomic E-state index is 5.74. The van der Waals surface area contributed by atoms with Gasteiger partial charge in [0.15, 0.2) is 0 Å². The van der Waals surface area contributed by atoms with E-state index in [1.165, 1.54) is 32.4 Å². The molecule has 2 rings (SSSR count). The SMILES string of the molecule is CC1(C)CNCCCN(CC2CCCO2)C1. The lowest BCUT2D eigenvalue weighted by molar-refractivity contribution is 0.0549. The van der Waals surface area contributed by atoms with E-state index in [-0.39, 0.29) is 0 Å². The second-order valence-electron chi connectivity index (χ2n) is 6.06. The first-order chi connectivity index (χ1) is 7.66. The van der Waals surface area contributed by atoms with Gasteiger partial charge in [-0.3, -0.25) is 0 Å². The van der Waals surface area contributed by atoms with Crippen LogP contribution in [0.1, 0.15) is 33.1 Å². The minimum atomic E-state index is 0.388. The van der Waals surface area contributed by atoms with E-state index < -0.39 is 0 Å². The molecule has 0 aliphatic carbocycles. The van der Waals surface area contributed by atoms with E-state index in [4.69, 9.17) is 4.74 Å². The van der Waals surface area contributed by atoms with Crippen molar-refractivity contribution in [3.8, 4) is 0 Å². The number of nitrogens with zero attached hydrogens (tertiary/aromatic N) is 1. The van der Waals surface area contributed by atoms with Crippen LogP contribution in [0.2, 0.25) is 0 Å². The molecule has 2 aliphatic heterocycles. The Morgan fingerprint density at radius 2 is 2.25 bits per heavy atom. The van der Waals surface area contributed by atoms with Gasteiger partial charge in [-0.05, 0) is 37.8 Å². The predicted octanol–water partition coefficient (Wildman–Crippen LogP) is 1.49. The Labute approximate surface area is 99.5 Å². The fourth-order valence-electron chi connectivity index (χ4n) is 2.83. The minimum absolute atomic E-state index is 0.388. The molecule has 3 heteroatoms. The highest BCUT2D eigenvalue weighted by Crippen LogP contribution is 2.20. The van der Waals surface area contributed by atoms with Gasteiger partial charge in [-0.25, -0.2) is 0 Å². The van der Waals surface area contributed by atoms with Crippen LogP contribution in [0, 0.1) is 5.41 Å². The molecule has 1 atom stereocenters. The number of nitrogens with one attached hydrogen (secondary N) is 1. The summed E-state index contributed by atoms with van der Waals surface area (Å²) in [7, 11) is 0. The molecule has 3 nitrogen and oxygen atoms in total. The van der Waals surface area contributed by atoms with Crippen LogP contribution in [0.5, 0.6) is 0 Å². The summed E-state index contributed by atoms with van der Waals surface area (Å²) >= 11 is 0. The molecule has 1 N–H and O–H groups in total. The molecule has 0 radical (unpaired) electrons. The first-order valence-corrected chi connectivity index (χ1v) is 6.70. The van der Waals surface area contributed by atoms with E-state index in [9.17, 15) is 0 Å². The zero-order valence-electron chi connectivity index (χ0n) is 10.8. The number of hydrogen-bond acceptors (Lipinski definition) is 3. The van der Waals surface area contributed by atoms with Crippen molar-refractivity contribution < 1.29 is 4.74 Å². The van der Waals surface area contributed by atoms with E-state index >= 15 is 0 Å². The quantitative estimate of drug-likeness (QED) is 0.772. The second kappa shape index (κ2) is 5.48. The van der Waals surface area contributed by atoms with Crippen LogP contribution in [0.4, 0.5) is 0 Å². The Balaban J connectivity index is 1.84. The summed E-state index contributed by atoms with van der Waals surface area (Å²) in [5.74, 6) is 0. The Kier molecular flexibility index (Phi) is 4.22. The zero-order chi connectivity index (χ0) is 11.4. The normalized spacial score (nSPS) is 32.2. The number of ether oxygens (including phenoxy) is 1. The lowest BCUT2D eigenvalue weighted by Gasteiger charge is -2.36. The number of hydrogen-bond donors (Lipinski definition) is 1. The summed E-state index contributed by atoms with van der Waals surface area (Å²) < 4.78 is 5.74. The van der Waals surface area contributed by atoms with Crippen LogP contribution in [0.25, 0.3) is 0 Å². The first-order valence-electron chi connectivity index (χ1n) is 6.70. The third kappa shape index (κ3) is 3.72. The van der Waals surface area contributed by atoms with Crippen LogP contribution in [0.3, 0.4) is 0 Å². The van der Waals surface area contributed by atoms with Crippen molar-refractivity contribution in [2.45, 2.75) is 39.2 Å². The monoisotopic (exact) mass is 226 g/mol. The molecule has 0 amide bonds. The van der Waals surface area contributed by atoms with Gasteiger partial charge in [0, 0.05) is 26.2 Å². The molecular weight excluding hydrogens is 200 g/mol. The highest BCUT2D eigenvalue weighted by atomic mass is 16.5. The molecule has 0 aromatic rings. The zero-order valence-corrected chi connectivity index (χ0v) is 10.8. The summed E-state index contributed by atoms with van der Waals surface area (Å²) in [5.41, 5.74) is 0.388. The van der Waals surface area contributed by atoms with Crippen molar-refractivity contribution in [1.29, 1.82) is 0 Å². The maximum atomic E-state index is 5.74. The Hall–Kier alpha value is -0.120. The highest BCUT2D eigenvalue weighted by Gasteiger charge is 2.26. The van der Waals surface area contributed by atoms with Crippen molar-refractivity contribution in [2.24, 2.45) is 5.41 Å². The standard InChI is InChI=1S/C13H26N2O/c1-13(2)10-14-6-4-7-15(11-13)9-12-5-3-8-16-12/h12,14H,3-11H2,1-2H3. The molecule has 0 saturated carbocycles. The van der Waals surface area contributed by atoms with Gasteiger partial charge in [0.2, 0.25) is 0 Å². The third-order valence-electron chi connectivity index (χ3n) is 3.57. The summed E-state index contributed by atoms with van der Waals surface area (Å²) in [4.78, 5) is 2.61. The van der Waals surface area contributed by atoms with E-state index in [0.29, 0.717) is 11.5 Å². The molecule has 2 aliphatic rings. The molecule has 0 aromatic heterocycles. The van der Waals surface area contributed by atoms with Crippen LogP contribution in [-0.2, 0) is 4.74 Å². The van der Waals surface area contributed by atoms with E-state index in [1.54, 1.807) is 0 Å². The smallest absolute Gasteiger partial charge is 0.0702 e. The van der Waals surface area contributed by atoms with E-state index in [0.717, 1.165) is 26.2 Å².